The summed E-state index contributed by atoms with van der Waals surface area (Å²) in [7, 11) is -4.94. The van der Waals surface area contributed by atoms with Crippen molar-refractivity contribution in [2.24, 2.45) is 5.73 Å². The summed E-state index contributed by atoms with van der Waals surface area (Å²) in [5, 5.41) is 9.44. The molecule has 0 unspecified atom stereocenters. The molecule has 0 aliphatic carbocycles. The van der Waals surface area contributed by atoms with Gasteiger partial charge in [0.15, 0.2) is 0 Å². The number of nitrogens with two attached hydrogens (primary N) is 1. The summed E-state index contributed by atoms with van der Waals surface area (Å²) < 4.78 is 34.0. The number of amides is 1. The molecule has 0 aliphatic heterocycles. The Bertz CT molecular complexity index is 597. The fourth-order valence-electron chi connectivity index (χ4n) is 1.65. The summed E-state index contributed by atoms with van der Waals surface area (Å²) in [5.41, 5.74) is 8.94. The van der Waals surface area contributed by atoms with Crippen molar-refractivity contribution in [3.8, 4) is 0 Å². The van der Waals surface area contributed by atoms with E-state index < -0.39 is 22.2 Å². The Kier molecular flexibility index (Phi) is 8.55. The molecule has 1 aromatic carbocycles. The van der Waals surface area contributed by atoms with E-state index in [0.717, 1.165) is 16.5 Å². The standard InChI is InChI=1S/C11H12N3O2.ClHO4.Co/c12-9(11(15)14-16)5-7-6-13-10-4-2-1-3-8(7)10;2-1(3,4)5;/h1-4,6,9,16H,5,12H2,(H,14,15);(H,2,3,4,5);/q-1;;+2/p-1/t9-;;/m1../s1. The molecule has 1 amide bonds. The molecule has 22 heavy (non-hydrogen) atoms. The first kappa shape index (κ1) is 20.8. The third-order valence-corrected chi connectivity index (χ3v) is 2.50. The van der Waals surface area contributed by atoms with Crippen molar-refractivity contribution in [3.05, 3.63) is 36.0 Å². The van der Waals surface area contributed by atoms with E-state index in [1.807, 2.05) is 24.3 Å². The van der Waals surface area contributed by atoms with Gasteiger partial charge in [0, 0.05) is 0 Å². The minimum Gasteiger partial charge on any atom is -0.663 e. The SMILES string of the molecule is N[C@H](Cc1c[n-]c2ccccc12)C(=O)NO.[Co+2].[O-][Cl+3]([O-])([O-])[O-]. The first-order valence-corrected chi connectivity index (χ1v) is 6.76. The summed E-state index contributed by atoms with van der Waals surface area (Å²) in [6.45, 7) is 0. The molecule has 0 saturated heterocycles. The number of aromatic nitrogens is 1. The topological polar surface area (TPSA) is 182 Å². The van der Waals surface area contributed by atoms with E-state index in [1.54, 1.807) is 11.7 Å². The summed E-state index contributed by atoms with van der Waals surface area (Å²) in [6, 6.07) is 6.88. The average Bonchev–Trinajstić information content (AvgIpc) is 2.79. The summed E-state index contributed by atoms with van der Waals surface area (Å²) >= 11 is 0. The molecule has 0 fully saturated rings. The van der Waals surface area contributed by atoms with Crippen LogP contribution in [0.1, 0.15) is 5.56 Å². The Balaban J connectivity index is 0.000000644. The smallest absolute Gasteiger partial charge is 0.663 e. The molecule has 2 rings (SSSR count). The first-order valence-electron chi connectivity index (χ1n) is 5.53. The minimum atomic E-state index is -4.94. The monoisotopic (exact) mass is 376 g/mol. The quantitative estimate of drug-likeness (QED) is 0.353. The summed E-state index contributed by atoms with van der Waals surface area (Å²) in [6.07, 6.45) is 2.06. The van der Waals surface area contributed by atoms with Gasteiger partial charge < -0.3 is 10.7 Å². The maximum atomic E-state index is 11.1. The third kappa shape index (κ3) is 7.17. The first-order chi connectivity index (χ1) is 9.72. The number of para-hydroxylation sites is 1. The largest absolute Gasteiger partial charge is 2.00 e. The van der Waals surface area contributed by atoms with Crippen LogP contribution in [0, 0.1) is 10.2 Å². The van der Waals surface area contributed by atoms with Crippen LogP contribution in [-0.2, 0) is 28.0 Å². The molecule has 1 heterocycles. The van der Waals surface area contributed by atoms with Crippen LogP contribution in [0.3, 0.4) is 0 Å². The molecule has 0 aliphatic rings. The van der Waals surface area contributed by atoms with Gasteiger partial charge in [-0.2, -0.15) is 6.20 Å². The Labute approximate surface area is 137 Å². The predicted molar refractivity (Wildman–Crippen MR) is 58.9 cm³/mol. The van der Waals surface area contributed by atoms with Crippen LogP contribution >= 0.6 is 0 Å². The molecule has 1 aromatic heterocycles. The van der Waals surface area contributed by atoms with Crippen molar-refractivity contribution in [2.45, 2.75) is 12.5 Å². The van der Waals surface area contributed by atoms with Crippen molar-refractivity contribution in [3.63, 3.8) is 0 Å². The van der Waals surface area contributed by atoms with Crippen LogP contribution in [0.4, 0.5) is 0 Å². The predicted octanol–water partition coefficient (Wildman–Crippen LogP) is -4.59. The van der Waals surface area contributed by atoms with E-state index in [2.05, 4.69) is 4.98 Å². The van der Waals surface area contributed by atoms with Crippen LogP contribution in [0.25, 0.3) is 10.9 Å². The molecule has 4 N–H and O–H groups in total. The zero-order valence-corrected chi connectivity index (χ0v) is 12.7. The van der Waals surface area contributed by atoms with Crippen molar-refractivity contribution in [2.75, 3.05) is 0 Å². The van der Waals surface area contributed by atoms with E-state index in [9.17, 15) is 4.79 Å². The van der Waals surface area contributed by atoms with E-state index in [0.29, 0.717) is 6.42 Å². The molecular formula is C11H12ClCoN3O6. The van der Waals surface area contributed by atoms with Crippen molar-refractivity contribution in [1.82, 2.24) is 10.5 Å². The molecule has 11 heteroatoms. The van der Waals surface area contributed by atoms with Gasteiger partial charge in [-0.1, -0.05) is 29.8 Å². The minimum absolute atomic E-state index is 0. The van der Waals surface area contributed by atoms with Gasteiger partial charge in [0.25, 0.3) is 5.91 Å². The van der Waals surface area contributed by atoms with Gasteiger partial charge in [0.2, 0.25) is 0 Å². The summed E-state index contributed by atoms with van der Waals surface area (Å²) in [5.74, 6) is -0.592. The number of carbonyl (C=O) groups is 1. The normalized spacial score (nSPS) is 11.9. The number of halogens is 1. The maximum Gasteiger partial charge on any atom is 2.00 e. The third-order valence-electron chi connectivity index (χ3n) is 2.50. The van der Waals surface area contributed by atoms with Crippen molar-refractivity contribution < 1.29 is 55.7 Å². The van der Waals surface area contributed by atoms with Crippen LogP contribution < -0.4 is 34.8 Å². The average molecular weight is 377 g/mol. The Morgan fingerprint density at radius 2 is 1.86 bits per heavy atom. The molecule has 123 valence electrons. The number of hydroxylamine groups is 1. The van der Waals surface area contributed by atoms with Gasteiger partial charge in [-0.05, 0) is 11.8 Å². The second-order valence-electron chi connectivity index (χ2n) is 3.97. The number of fused-ring (bicyclic) bond motifs is 1. The van der Waals surface area contributed by atoms with E-state index in [-0.39, 0.29) is 16.8 Å². The van der Waals surface area contributed by atoms with Crippen LogP contribution in [0.5, 0.6) is 0 Å². The molecule has 0 bridgehead atoms. The number of benzene rings is 1. The number of carbonyl (C=O) groups excluding carboxylic acids is 1. The number of rotatable bonds is 3. The number of nitrogens with zero attached hydrogens (tertiary/aromatic N) is 1. The fraction of sp³-hybridized carbons (Fsp3) is 0.182. The van der Waals surface area contributed by atoms with Crippen molar-refractivity contribution >= 4 is 16.8 Å². The molecule has 1 radical (unpaired) electrons. The van der Waals surface area contributed by atoms with Gasteiger partial charge in [-0.15, -0.1) is 15.8 Å². The van der Waals surface area contributed by atoms with Crippen LogP contribution in [-0.4, -0.2) is 17.2 Å². The zero-order valence-electron chi connectivity index (χ0n) is 10.9. The molecule has 1 atom stereocenters. The van der Waals surface area contributed by atoms with E-state index in [1.165, 1.54) is 0 Å². The molecule has 2 aromatic rings. The van der Waals surface area contributed by atoms with Crippen LogP contribution in [0.15, 0.2) is 30.5 Å². The number of nitrogens with one attached hydrogen (secondary N) is 1. The number of hydrogen-bond donors (Lipinski definition) is 3. The Morgan fingerprint density at radius 3 is 2.41 bits per heavy atom. The summed E-state index contributed by atoms with van der Waals surface area (Å²) in [4.78, 5) is 15.3. The van der Waals surface area contributed by atoms with Crippen molar-refractivity contribution in [1.29, 1.82) is 0 Å². The van der Waals surface area contributed by atoms with Gasteiger partial charge >= 0.3 is 16.8 Å². The van der Waals surface area contributed by atoms with Gasteiger partial charge in [-0.3, -0.25) is 10.0 Å². The van der Waals surface area contributed by atoms with E-state index >= 15 is 0 Å². The molecule has 0 saturated carbocycles. The fourth-order valence-corrected chi connectivity index (χ4v) is 1.65. The number of hydrogen-bond acceptors (Lipinski definition) is 7. The van der Waals surface area contributed by atoms with Gasteiger partial charge in [-0.25, -0.2) is 24.1 Å². The van der Waals surface area contributed by atoms with E-state index in [4.69, 9.17) is 29.6 Å². The maximum absolute atomic E-state index is 11.1. The van der Waals surface area contributed by atoms with Crippen LogP contribution in [0.2, 0.25) is 0 Å². The second-order valence-corrected chi connectivity index (χ2v) is 4.72. The Morgan fingerprint density at radius 1 is 1.32 bits per heavy atom. The zero-order chi connectivity index (χ0) is 16.0. The van der Waals surface area contributed by atoms with Gasteiger partial charge in [0.05, 0.1) is 6.04 Å². The molecule has 9 nitrogen and oxygen atoms in total. The Hall–Kier alpha value is -1.21. The molecule has 0 spiro atoms. The second kappa shape index (κ2) is 9.04. The van der Waals surface area contributed by atoms with Gasteiger partial charge in [0.1, 0.15) is 0 Å². The molecular weight excluding hydrogens is 365 g/mol.